The fourth-order valence-corrected chi connectivity index (χ4v) is 0.868. The Balaban J connectivity index is 2.43. The molecular weight excluding hydrogens is 176 g/mol. The van der Waals surface area contributed by atoms with E-state index < -0.39 is 0 Å². The molecule has 0 fully saturated rings. The number of carbonyl (C=O) groups is 1. The number of esters is 1. The van der Waals surface area contributed by atoms with E-state index >= 15 is 0 Å². The first-order chi connectivity index (χ1) is 5.74. The zero-order chi connectivity index (χ0) is 8.97. The highest BCUT2D eigenvalue weighted by molar-refractivity contribution is 7.80. The Kier molecular flexibility index (Phi) is 3.22. The Labute approximate surface area is 76.1 Å². The summed E-state index contributed by atoms with van der Waals surface area (Å²) in [6.07, 6.45) is 1.89. The van der Waals surface area contributed by atoms with Gasteiger partial charge in [-0.3, -0.25) is 4.79 Å². The topological polar surface area (TPSA) is 39.4 Å². The Morgan fingerprint density at radius 1 is 1.75 bits per heavy atom. The van der Waals surface area contributed by atoms with Crippen molar-refractivity contribution in [1.82, 2.24) is 0 Å². The number of furan rings is 1. The molecular formula is C8H10O3S. The van der Waals surface area contributed by atoms with Gasteiger partial charge in [-0.05, 0) is 6.07 Å². The molecule has 3 nitrogen and oxygen atoms in total. The lowest BCUT2D eigenvalue weighted by molar-refractivity contribution is -0.145. The van der Waals surface area contributed by atoms with Crippen molar-refractivity contribution in [3.8, 4) is 0 Å². The predicted octanol–water partition coefficient (Wildman–Crippen LogP) is 2.02. The van der Waals surface area contributed by atoms with Gasteiger partial charge in [0, 0.05) is 11.3 Å². The third-order valence-corrected chi connectivity index (χ3v) is 1.77. The van der Waals surface area contributed by atoms with Crippen LogP contribution in [0.15, 0.2) is 21.6 Å². The highest BCUT2D eigenvalue weighted by Gasteiger charge is 2.05. The molecule has 1 heterocycles. The lowest BCUT2D eigenvalue weighted by Gasteiger charge is -1.99. The minimum Gasteiger partial charge on any atom is -0.464 e. The first-order valence-corrected chi connectivity index (χ1v) is 4.09. The first kappa shape index (κ1) is 9.19. The fraction of sp³-hybridized carbons (Fsp3) is 0.375. The molecule has 0 saturated carbocycles. The van der Waals surface area contributed by atoms with Crippen LogP contribution in [0.5, 0.6) is 0 Å². The summed E-state index contributed by atoms with van der Waals surface area (Å²) in [4.78, 5) is 11.4. The molecule has 0 atom stereocenters. The summed E-state index contributed by atoms with van der Waals surface area (Å²) in [6, 6.07) is 1.71. The van der Waals surface area contributed by atoms with Crippen molar-refractivity contribution in [2.45, 2.75) is 24.8 Å². The minimum absolute atomic E-state index is 0.165. The van der Waals surface area contributed by atoms with Crippen LogP contribution in [-0.4, -0.2) is 5.97 Å². The van der Waals surface area contributed by atoms with Gasteiger partial charge in [0.2, 0.25) is 0 Å². The van der Waals surface area contributed by atoms with Crippen molar-refractivity contribution in [3.63, 3.8) is 0 Å². The predicted molar refractivity (Wildman–Crippen MR) is 46.0 cm³/mol. The lowest BCUT2D eigenvalue weighted by atomic mass is 10.4. The van der Waals surface area contributed by atoms with Crippen molar-refractivity contribution in [1.29, 1.82) is 0 Å². The van der Waals surface area contributed by atoms with Crippen LogP contribution in [-0.2, 0) is 16.1 Å². The van der Waals surface area contributed by atoms with Crippen molar-refractivity contribution in [2.24, 2.45) is 0 Å². The zero-order valence-corrected chi connectivity index (χ0v) is 7.64. The fourth-order valence-electron chi connectivity index (χ4n) is 0.690. The summed E-state index contributed by atoms with van der Waals surface area (Å²) in [7, 11) is 0. The van der Waals surface area contributed by atoms with Crippen LogP contribution in [0.25, 0.3) is 0 Å². The van der Waals surface area contributed by atoms with Crippen LogP contribution in [0.4, 0.5) is 0 Å². The van der Waals surface area contributed by atoms with E-state index in [-0.39, 0.29) is 12.6 Å². The highest BCUT2D eigenvalue weighted by atomic mass is 32.1. The van der Waals surface area contributed by atoms with E-state index in [9.17, 15) is 4.79 Å². The highest BCUT2D eigenvalue weighted by Crippen LogP contribution is 2.15. The molecule has 0 aromatic carbocycles. The van der Waals surface area contributed by atoms with Crippen LogP contribution < -0.4 is 0 Å². The average molecular weight is 186 g/mol. The van der Waals surface area contributed by atoms with Crippen LogP contribution in [0.3, 0.4) is 0 Å². The smallest absolute Gasteiger partial charge is 0.305 e. The molecule has 0 aliphatic carbocycles. The molecule has 0 radical (unpaired) electrons. The quantitative estimate of drug-likeness (QED) is 0.580. The van der Waals surface area contributed by atoms with Gasteiger partial charge in [0.15, 0.2) is 12.4 Å². The van der Waals surface area contributed by atoms with Gasteiger partial charge in [-0.2, -0.15) is 0 Å². The molecule has 0 unspecified atom stereocenters. The van der Waals surface area contributed by atoms with E-state index in [1.165, 1.54) is 6.26 Å². The summed E-state index contributed by atoms with van der Waals surface area (Å²) >= 11 is 4.10. The van der Waals surface area contributed by atoms with E-state index in [1.54, 1.807) is 13.0 Å². The summed E-state index contributed by atoms with van der Waals surface area (Å²) in [5, 5.41) is 0. The number of ether oxygens (including phenoxy) is 1. The van der Waals surface area contributed by atoms with Crippen LogP contribution >= 0.6 is 12.6 Å². The van der Waals surface area contributed by atoms with Crippen molar-refractivity contribution < 1.29 is 13.9 Å². The standard InChI is InChI=1S/C8H10O3S/c1-2-8(9)11-5-6-7(12)3-4-10-6/h3-4,12H,2,5H2,1H3. The molecule has 0 spiro atoms. The molecule has 12 heavy (non-hydrogen) atoms. The second kappa shape index (κ2) is 4.21. The molecule has 0 aliphatic heterocycles. The van der Waals surface area contributed by atoms with Gasteiger partial charge < -0.3 is 9.15 Å². The van der Waals surface area contributed by atoms with Gasteiger partial charge in [-0.25, -0.2) is 0 Å². The molecule has 1 aromatic rings. The van der Waals surface area contributed by atoms with Crippen LogP contribution in [0, 0.1) is 0 Å². The van der Waals surface area contributed by atoms with Gasteiger partial charge in [0.1, 0.15) is 0 Å². The molecule has 0 bridgehead atoms. The van der Waals surface area contributed by atoms with Crippen LogP contribution in [0.2, 0.25) is 0 Å². The van der Waals surface area contributed by atoms with E-state index in [4.69, 9.17) is 9.15 Å². The number of hydrogen-bond donors (Lipinski definition) is 1. The monoisotopic (exact) mass is 186 g/mol. The number of rotatable bonds is 3. The average Bonchev–Trinajstić information content (AvgIpc) is 2.47. The number of thiol groups is 1. The third-order valence-electron chi connectivity index (χ3n) is 1.37. The van der Waals surface area contributed by atoms with Crippen molar-refractivity contribution in [2.75, 3.05) is 0 Å². The molecule has 0 N–H and O–H groups in total. The van der Waals surface area contributed by atoms with Gasteiger partial charge in [-0.15, -0.1) is 12.6 Å². The van der Waals surface area contributed by atoms with Gasteiger partial charge in [0.05, 0.1) is 6.26 Å². The third kappa shape index (κ3) is 2.30. The lowest BCUT2D eigenvalue weighted by Crippen LogP contribution is -2.01. The van der Waals surface area contributed by atoms with Crippen LogP contribution in [0.1, 0.15) is 19.1 Å². The van der Waals surface area contributed by atoms with E-state index in [2.05, 4.69) is 12.6 Å². The Hall–Kier alpha value is -0.900. The molecule has 4 heteroatoms. The largest absolute Gasteiger partial charge is 0.464 e. The normalized spacial score (nSPS) is 9.83. The van der Waals surface area contributed by atoms with Gasteiger partial charge in [0.25, 0.3) is 0 Å². The van der Waals surface area contributed by atoms with Crippen molar-refractivity contribution in [3.05, 3.63) is 18.1 Å². The number of hydrogen-bond acceptors (Lipinski definition) is 4. The first-order valence-electron chi connectivity index (χ1n) is 3.65. The Morgan fingerprint density at radius 3 is 3.00 bits per heavy atom. The summed E-state index contributed by atoms with van der Waals surface area (Å²) in [5.41, 5.74) is 0. The number of carbonyl (C=O) groups excluding carboxylic acids is 1. The molecule has 0 aliphatic rings. The van der Waals surface area contributed by atoms with E-state index in [0.29, 0.717) is 17.1 Å². The maximum absolute atomic E-state index is 10.7. The Morgan fingerprint density at radius 2 is 2.50 bits per heavy atom. The van der Waals surface area contributed by atoms with E-state index in [1.807, 2.05) is 0 Å². The SMILES string of the molecule is CCC(=O)OCc1occc1S. The summed E-state index contributed by atoms with van der Waals surface area (Å²) in [5.74, 6) is 0.347. The summed E-state index contributed by atoms with van der Waals surface area (Å²) in [6.45, 7) is 1.91. The maximum atomic E-state index is 10.7. The second-order valence-electron chi connectivity index (χ2n) is 2.24. The second-order valence-corrected chi connectivity index (χ2v) is 2.73. The molecule has 0 saturated heterocycles. The zero-order valence-electron chi connectivity index (χ0n) is 6.74. The molecule has 1 rings (SSSR count). The van der Waals surface area contributed by atoms with E-state index in [0.717, 1.165) is 0 Å². The van der Waals surface area contributed by atoms with Gasteiger partial charge >= 0.3 is 5.97 Å². The summed E-state index contributed by atoms with van der Waals surface area (Å²) < 4.78 is 9.84. The maximum Gasteiger partial charge on any atom is 0.305 e. The minimum atomic E-state index is -0.237. The van der Waals surface area contributed by atoms with Crippen molar-refractivity contribution >= 4 is 18.6 Å². The van der Waals surface area contributed by atoms with Gasteiger partial charge in [-0.1, -0.05) is 6.92 Å². The Bertz CT molecular complexity index is 267. The molecule has 1 aromatic heterocycles. The molecule has 66 valence electrons. The molecule has 0 amide bonds.